The lowest BCUT2D eigenvalue weighted by atomic mass is 9.89. The number of ketones is 1. The predicted molar refractivity (Wildman–Crippen MR) is 110 cm³/mol. The fourth-order valence-corrected chi connectivity index (χ4v) is 5.08. The van der Waals surface area contributed by atoms with Gasteiger partial charge in [-0.25, -0.2) is 9.37 Å². The molecule has 29 heavy (non-hydrogen) atoms. The number of benzene rings is 1. The van der Waals surface area contributed by atoms with Crippen LogP contribution in [-0.4, -0.2) is 21.2 Å². The second-order valence-electron chi connectivity index (χ2n) is 7.51. The minimum atomic E-state index is -0.745. The molecule has 0 fully saturated rings. The maximum Gasteiger partial charge on any atom is 0.262 e. The van der Waals surface area contributed by atoms with Gasteiger partial charge in [0, 0.05) is 17.5 Å². The summed E-state index contributed by atoms with van der Waals surface area (Å²) < 4.78 is 15.6. The molecule has 1 atom stereocenters. The molecule has 4 rings (SSSR count). The number of carbonyl (C=O) groups is 2. The molecule has 0 aliphatic heterocycles. The van der Waals surface area contributed by atoms with E-state index in [0.29, 0.717) is 16.1 Å². The van der Waals surface area contributed by atoms with Crippen LogP contribution in [0, 0.1) is 11.7 Å². The van der Waals surface area contributed by atoms with Gasteiger partial charge >= 0.3 is 0 Å². The number of halogens is 1. The minimum Gasteiger partial charge on any atom is -0.326 e. The molecule has 6 nitrogen and oxygen atoms in total. The Morgan fingerprint density at radius 3 is 2.90 bits per heavy atom. The average Bonchev–Trinajstić information content (AvgIpc) is 3.01. The van der Waals surface area contributed by atoms with Gasteiger partial charge in [-0.3, -0.25) is 19.0 Å². The Hall–Kier alpha value is -2.87. The van der Waals surface area contributed by atoms with E-state index in [4.69, 9.17) is 0 Å². The van der Waals surface area contributed by atoms with E-state index in [1.54, 1.807) is 11.3 Å². The first-order chi connectivity index (χ1) is 13.8. The van der Waals surface area contributed by atoms with E-state index in [1.807, 2.05) is 0 Å². The maximum absolute atomic E-state index is 14.3. The molecule has 8 heteroatoms. The number of nitrogens with zero attached hydrogens (tertiary/aromatic N) is 2. The molecule has 2 aromatic heterocycles. The Labute approximate surface area is 170 Å². The summed E-state index contributed by atoms with van der Waals surface area (Å²) in [5.74, 6) is -1.02. The molecule has 1 amide bonds. The molecule has 2 heterocycles. The number of nitrogens with one attached hydrogen (secondary N) is 1. The molecule has 3 aromatic rings. The van der Waals surface area contributed by atoms with Crippen molar-refractivity contribution in [1.29, 1.82) is 0 Å². The summed E-state index contributed by atoms with van der Waals surface area (Å²) in [6.07, 6.45) is 4.17. The molecule has 0 radical (unpaired) electrons. The number of Topliss-reactive ketones (excluding diaryl/α,β-unsaturated/α-hetero) is 1. The third-order valence-corrected chi connectivity index (χ3v) is 6.35. The van der Waals surface area contributed by atoms with Gasteiger partial charge in [0.25, 0.3) is 5.56 Å². The summed E-state index contributed by atoms with van der Waals surface area (Å²) in [7, 11) is 0. The lowest BCUT2D eigenvalue weighted by Gasteiger charge is -2.17. The van der Waals surface area contributed by atoms with E-state index in [0.717, 1.165) is 30.9 Å². The van der Waals surface area contributed by atoms with Crippen molar-refractivity contribution in [2.45, 2.75) is 39.7 Å². The molecule has 0 unspecified atom stereocenters. The fraction of sp³-hybridized carbons (Fsp3) is 0.333. The largest absolute Gasteiger partial charge is 0.326 e. The zero-order valence-corrected chi connectivity index (χ0v) is 16.9. The maximum atomic E-state index is 14.3. The Morgan fingerprint density at radius 2 is 2.17 bits per heavy atom. The summed E-state index contributed by atoms with van der Waals surface area (Å²) in [5.41, 5.74) is 0.928. The average molecular weight is 413 g/mol. The highest BCUT2D eigenvalue weighted by Crippen LogP contribution is 2.35. The third kappa shape index (κ3) is 3.72. The first-order valence-corrected chi connectivity index (χ1v) is 10.2. The minimum absolute atomic E-state index is 0.132. The van der Waals surface area contributed by atoms with Crippen LogP contribution in [0.4, 0.5) is 10.1 Å². The molecule has 1 aromatic carbocycles. The summed E-state index contributed by atoms with van der Waals surface area (Å²) in [4.78, 5) is 43.0. The van der Waals surface area contributed by atoms with Crippen LogP contribution >= 0.6 is 11.3 Å². The standard InChI is InChI=1S/C21H20FN3O3S/c1-11-3-5-15-18(7-11)29-20-19(15)21(28)25(10-23-20)9-17(27)14-6-4-13(8-16(14)22)24-12(2)26/h4,6,8,10-11H,3,5,7,9H2,1-2H3,(H,24,26)/t11-/m0/s1. The topological polar surface area (TPSA) is 81.1 Å². The number of fused-ring (bicyclic) bond motifs is 3. The third-order valence-electron chi connectivity index (χ3n) is 5.19. The van der Waals surface area contributed by atoms with Crippen LogP contribution in [0.1, 0.15) is 41.1 Å². The van der Waals surface area contributed by atoms with E-state index in [9.17, 15) is 18.8 Å². The van der Waals surface area contributed by atoms with Gasteiger partial charge in [-0.15, -0.1) is 11.3 Å². The molecule has 1 N–H and O–H groups in total. The van der Waals surface area contributed by atoms with Crippen molar-refractivity contribution >= 4 is 38.9 Å². The van der Waals surface area contributed by atoms with E-state index in [1.165, 1.54) is 34.8 Å². The lowest BCUT2D eigenvalue weighted by Crippen LogP contribution is -2.25. The van der Waals surface area contributed by atoms with Crippen LogP contribution in [0.3, 0.4) is 0 Å². The van der Waals surface area contributed by atoms with Crippen molar-refractivity contribution < 1.29 is 14.0 Å². The van der Waals surface area contributed by atoms with Crippen LogP contribution in [0.5, 0.6) is 0 Å². The second-order valence-corrected chi connectivity index (χ2v) is 8.59. The molecule has 0 bridgehead atoms. The lowest BCUT2D eigenvalue weighted by molar-refractivity contribution is -0.114. The number of carbonyl (C=O) groups excluding carboxylic acids is 2. The van der Waals surface area contributed by atoms with E-state index >= 15 is 0 Å². The summed E-state index contributed by atoms with van der Waals surface area (Å²) in [6.45, 7) is 3.22. The van der Waals surface area contributed by atoms with Crippen molar-refractivity contribution in [2.75, 3.05) is 5.32 Å². The number of anilines is 1. The molecule has 0 spiro atoms. The molecule has 0 saturated heterocycles. The van der Waals surface area contributed by atoms with Crippen LogP contribution < -0.4 is 10.9 Å². The van der Waals surface area contributed by atoms with Crippen molar-refractivity contribution in [3.05, 3.63) is 56.7 Å². The van der Waals surface area contributed by atoms with Gasteiger partial charge in [0.05, 0.1) is 23.8 Å². The molecule has 1 aliphatic carbocycles. The Morgan fingerprint density at radius 1 is 1.38 bits per heavy atom. The highest BCUT2D eigenvalue weighted by atomic mass is 32.1. The Bertz CT molecular complexity index is 1200. The predicted octanol–water partition coefficient (Wildman–Crippen LogP) is 3.56. The van der Waals surface area contributed by atoms with E-state index in [2.05, 4.69) is 17.2 Å². The highest BCUT2D eigenvalue weighted by molar-refractivity contribution is 7.18. The first-order valence-electron chi connectivity index (χ1n) is 9.43. The van der Waals surface area contributed by atoms with Gasteiger partial charge in [0.1, 0.15) is 10.6 Å². The van der Waals surface area contributed by atoms with Gasteiger partial charge in [-0.2, -0.15) is 0 Å². The number of rotatable bonds is 4. The summed E-state index contributed by atoms with van der Waals surface area (Å²) >= 11 is 1.55. The fourth-order valence-electron chi connectivity index (χ4n) is 3.74. The number of hydrogen-bond donors (Lipinski definition) is 1. The number of amides is 1. The van der Waals surface area contributed by atoms with Gasteiger partial charge in [-0.05, 0) is 48.9 Å². The first kappa shape index (κ1) is 19.4. The van der Waals surface area contributed by atoms with Gasteiger partial charge in [-0.1, -0.05) is 6.92 Å². The number of aromatic nitrogens is 2. The Kier molecular flexibility index (Phi) is 5.04. The van der Waals surface area contributed by atoms with Crippen molar-refractivity contribution in [1.82, 2.24) is 9.55 Å². The zero-order valence-electron chi connectivity index (χ0n) is 16.1. The quantitative estimate of drug-likeness (QED) is 0.663. The zero-order chi connectivity index (χ0) is 20.7. The SMILES string of the molecule is CC(=O)Nc1ccc(C(=O)Cn2cnc3sc4c(c3c2=O)CC[C@H](C)C4)c(F)c1. The van der Waals surface area contributed by atoms with Gasteiger partial charge < -0.3 is 5.32 Å². The Balaban J connectivity index is 1.64. The molecule has 150 valence electrons. The highest BCUT2D eigenvalue weighted by Gasteiger charge is 2.24. The van der Waals surface area contributed by atoms with Crippen LogP contribution in [-0.2, 0) is 24.2 Å². The summed E-state index contributed by atoms with van der Waals surface area (Å²) in [5, 5.41) is 3.06. The monoisotopic (exact) mass is 413 g/mol. The van der Waals surface area contributed by atoms with Crippen molar-refractivity contribution in [3.63, 3.8) is 0 Å². The molecule has 1 aliphatic rings. The van der Waals surface area contributed by atoms with Crippen molar-refractivity contribution in [3.8, 4) is 0 Å². The molecular formula is C21H20FN3O3S. The van der Waals surface area contributed by atoms with Gasteiger partial charge in [0.15, 0.2) is 5.78 Å². The second kappa shape index (κ2) is 7.51. The van der Waals surface area contributed by atoms with E-state index in [-0.39, 0.29) is 29.3 Å². The normalized spacial score (nSPS) is 15.9. The summed E-state index contributed by atoms with van der Waals surface area (Å²) in [6, 6.07) is 3.86. The van der Waals surface area contributed by atoms with Crippen LogP contribution in [0.2, 0.25) is 0 Å². The van der Waals surface area contributed by atoms with Gasteiger partial charge in [0.2, 0.25) is 5.91 Å². The number of hydrogen-bond acceptors (Lipinski definition) is 5. The van der Waals surface area contributed by atoms with E-state index < -0.39 is 11.6 Å². The number of aryl methyl sites for hydroxylation is 1. The molecular weight excluding hydrogens is 393 g/mol. The smallest absolute Gasteiger partial charge is 0.262 e. The van der Waals surface area contributed by atoms with Crippen LogP contribution in [0.15, 0.2) is 29.3 Å². The number of thiophene rings is 1. The molecule has 0 saturated carbocycles. The van der Waals surface area contributed by atoms with Crippen LogP contribution in [0.25, 0.3) is 10.2 Å². The van der Waals surface area contributed by atoms with Crippen molar-refractivity contribution in [2.24, 2.45) is 5.92 Å².